The van der Waals surface area contributed by atoms with Crippen LogP contribution in [0.15, 0.2) is 0 Å². The molecule has 2 N–H and O–H groups in total. The summed E-state index contributed by atoms with van der Waals surface area (Å²) < 4.78 is 5.88. The zero-order valence-electron chi connectivity index (χ0n) is 11.9. The lowest BCUT2D eigenvalue weighted by Gasteiger charge is -2.63. The first kappa shape index (κ1) is 12.9. The van der Waals surface area contributed by atoms with Crippen LogP contribution in [0.5, 0.6) is 0 Å². The lowest BCUT2D eigenvalue weighted by molar-refractivity contribution is -0.172. The third kappa shape index (κ3) is 1.72. The van der Waals surface area contributed by atoms with Crippen molar-refractivity contribution < 1.29 is 14.6 Å². The van der Waals surface area contributed by atoms with Crippen molar-refractivity contribution in [3.05, 3.63) is 0 Å². The number of amides is 2. The summed E-state index contributed by atoms with van der Waals surface area (Å²) in [5.41, 5.74) is 0.241. The van der Waals surface area contributed by atoms with Gasteiger partial charge in [-0.2, -0.15) is 0 Å². The van der Waals surface area contributed by atoms with E-state index in [-0.39, 0.29) is 17.6 Å². The molecular weight excluding hydrogens is 256 g/mol. The summed E-state index contributed by atoms with van der Waals surface area (Å²) in [6.07, 6.45) is 6.50. The van der Waals surface area contributed by atoms with Gasteiger partial charge in [0.25, 0.3) is 0 Å². The lowest BCUT2D eigenvalue weighted by atomic mass is 9.46. The standard InChI is InChI=1S/C15H24N2O3/c18-10-3-1-7-17(9-10)14(19)16-12-11-4-8-20-13(11)15(12)5-2-6-15/h10-13,18H,1-9H2,(H,16,19). The molecule has 5 nitrogen and oxygen atoms in total. The highest BCUT2D eigenvalue weighted by molar-refractivity contribution is 5.75. The van der Waals surface area contributed by atoms with Gasteiger partial charge in [-0.25, -0.2) is 4.79 Å². The fourth-order valence-corrected chi connectivity index (χ4v) is 4.82. The molecule has 4 atom stereocenters. The van der Waals surface area contributed by atoms with Gasteiger partial charge in [0.15, 0.2) is 0 Å². The van der Waals surface area contributed by atoms with Crippen molar-refractivity contribution in [3.8, 4) is 0 Å². The van der Waals surface area contributed by atoms with E-state index in [9.17, 15) is 9.90 Å². The molecule has 0 radical (unpaired) electrons. The topological polar surface area (TPSA) is 61.8 Å². The molecule has 2 aliphatic heterocycles. The van der Waals surface area contributed by atoms with Crippen molar-refractivity contribution in [3.63, 3.8) is 0 Å². The van der Waals surface area contributed by atoms with Crippen LogP contribution >= 0.6 is 0 Å². The molecule has 2 saturated heterocycles. The summed E-state index contributed by atoms with van der Waals surface area (Å²) in [7, 11) is 0. The molecule has 112 valence electrons. The Labute approximate surface area is 119 Å². The molecular formula is C15H24N2O3. The van der Waals surface area contributed by atoms with Gasteiger partial charge < -0.3 is 20.1 Å². The summed E-state index contributed by atoms with van der Waals surface area (Å²) in [5.74, 6) is 0.522. The molecule has 2 aliphatic carbocycles. The van der Waals surface area contributed by atoms with Gasteiger partial charge in [-0.3, -0.25) is 0 Å². The van der Waals surface area contributed by atoms with Crippen molar-refractivity contribution in [2.75, 3.05) is 19.7 Å². The Morgan fingerprint density at radius 3 is 2.85 bits per heavy atom. The largest absolute Gasteiger partial charge is 0.391 e. The highest BCUT2D eigenvalue weighted by Gasteiger charge is 2.67. The second-order valence-electron chi connectivity index (χ2n) is 7.00. The maximum Gasteiger partial charge on any atom is 0.317 e. The van der Waals surface area contributed by atoms with Crippen molar-refractivity contribution in [1.29, 1.82) is 0 Å². The van der Waals surface area contributed by atoms with Crippen LogP contribution in [0, 0.1) is 11.3 Å². The van der Waals surface area contributed by atoms with Crippen molar-refractivity contribution in [2.24, 2.45) is 11.3 Å². The highest BCUT2D eigenvalue weighted by Crippen LogP contribution is 2.62. The van der Waals surface area contributed by atoms with Crippen LogP contribution in [-0.4, -0.2) is 54.0 Å². The first-order chi connectivity index (χ1) is 9.71. The molecule has 2 heterocycles. The number of likely N-dealkylation sites (tertiary alicyclic amines) is 1. The van der Waals surface area contributed by atoms with Gasteiger partial charge in [0.1, 0.15) is 0 Å². The predicted molar refractivity (Wildman–Crippen MR) is 73.3 cm³/mol. The van der Waals surface area contributed by atoms with Crippen LogP contribution in [0.25, 0.3) is 0 Å². The number of aliphatic hydroxyl groups excluding tert-OH is 1. The summed E-state index contributed by atoms with van der Waals surface area (Å²) in [4.78, 5) is 14.2. The van der Waals surface area contributed by atoms with E-state index in [1.54, 1.807) is 4.90 Å². The molecule has 0 aromatic carbocycles. The fraction of sp³-hybridized carbons (Fsp3) is 0.933. The van der Waals surface area contributed by atoms with Gasteiger partial charge in [-0.1, -0.05) is 6.42 Å². The number of fused-ring (bicyclic) bond motifs is 2. The van der Waals surface area contributed by atoms with E-state index in [2.05, 4.69) is 5.32 Å². The van der Waals surface area contributed by atoms with Gasteiger partial charge in [-0.15, -0.1) is 0 Å². The second kappa shape index (κ2) is 4.60. The number of nitrogens with one attached hydrogen (secondary N) is 1. The molecule has 4 aliphatic rings. The Kier molecular flexibility index (Phi) is 2.96. The van der Waals surface area contributed by atoms with E-state index in [0.717, 1.165) is 32.4 Å². The van der Waals surface area contributed by atoms with Crippen LogP contribution < -0.4 is 5.32 Å². The monoisotopic (exact) mass is 280 g/mol. The minimum Gasteiger partial charge on any atom is -0.391 e. The molecule has 1 spiro atoms. The van der Waals surface area contributed by atoms with E-state index in [0.29, 0.717) is 24.6 Å². The number of urea groups is 1. The average Bonchev–Trinajstić information content (AvgIpc) is 2.79. The molecule has 5 heteroatoms. The summed E-state index contributed by atoms with van der Waals surface area (Å²) in [6, 6.07) is 0.320. The van der Waals surface area contributed by atoms with Gasteiger partial charge >= 0.3 is 6.03 Å². The molecule has 20 heavy (non-hydrogen) atoms. The minimum atomic E-state index is -0.351. The van der Waals surface area contributed by atoms with E-state index in [4.69, 9.17) is 4.74 Å². The maximum absolute atomic E-state index is 12.4. The molecule has 4 rings (SSSR count). The third-order valence-electron chi connectivity index (χ3n) is 6.00. The number of carbonyl (C=O) groups excluding carboxylic acids is 1. The van der Waals surface area contributed by atoms with Crippen LogP contribution in [0.4, 0.5) is 4.79 Å². The quantitative estimate of drug-likeness (QED) is 0.756. The Bertz CT molecular complexity index is 410. The molecule has 0 aromatic rings. The lowest BCUT2D eigenvalue weighted by Crippen LogP contribution is -2.72. The number of aliphatic hydroxyl groups is 1. The predicted octanol–water partition coefficient (Wildman–Crippen LogP) is 1.11. The molecule has 2 amide bonds. The van der Waals surface area contributed by atoms with Gasteiger partial charge in [0.05, 0.1) is 12.2 Å². The summed E-state index contributed by atoms with van der Waals surface area (Å²) >= 11 is 0. The number of carbonyl (C=O) groups is 1. The SMILES string of the molecule is O=C(NC1C2CCOC2C12CCC2)N1CCCC(O)C1. The van der Waals surface area contributed by atoms with Gasteiger partial charge in [-0.05, 0) is 32.1 Å². The Hall–Kier alpha value is -0.810. The zero-order valence-corrected chi connectivity index (χ0v) is 11.9. The van der Waals surface area contributed by atoms with Gasteiger partial charge in [0.2, 0.25) is 0 Å². The van der Waals surface area contributed by atoms with Gasteiger partial charge in [0, 0.05) is 37.1 Å². The fourth-order valence-electron chi connectivity index (χ4n) is 4.82. The zero-order chi connectivity index (χ0) is 13.7. The Balaban J connectivity index is 1.42. The van der Waals surface area contributed by atoms with Crippen LogP contribution in [0.1, 0.15) is 38.5 Å². The van der Waals surface area contributed by atoms with E-state index >= 15 is 0 Å². The molecule has 4 fully saturated rings. The van der Waals surface area contributed by atoms with Crippen molar-refractivity contribution in [1.82, 2.24) is 10.2 Å². The average molecular weight is 280 g/mol. The van der Waals surface area contributed by atoms with Crippen molar-refractivity contribution in [2.45, 2.75) is 56.8 Å². The van der Waals surface area contributed by atoms with Crippen LogP contribution in [-0.2, 0) is 4.74 Å². The van der Waals surface area contributed by atoms with E-state index < -0.39 is 0 Å². The number of β-amino-alcohol motifs (C(OH)–C–C–N with tert-alkyl or cyclic N) is 1. The first-order valence-corrected chi connectivity index (χ1v) is 8.06. The van der Waals surface area contributed by atoms with E-state index in [1.807, 2.05) is 0 Å². The molecule has 2 saturated carbocycles. The van der Waals surface area contributed by atoms with Crippen molar-refractivity contribution >= 4 is 6.03 Å². The number of piperidine rings is 1. The number of hydrogen-bond acceptors (Lipinski definition) is 3. The van der Waals surface area contributed by atoms with Crippen LogP contribution in [0.2, 0.25) is 0 Å². The Morgan fingerprint density at radius 2 is 2.15 bits per heavy atom. The molecule has 0 bridgehead atoms. The normalized spacial score (nSPS) is 41.8. The van der Waals surface area contributed by atoms with Crippen LogP contribution in [0.3, 0.4) is 0 Å². The number of hydrogen-bond donors (Lipinski definition) is 2. The van der Waals surface area contributed by atoms with E-state index in [1.165, 1.54) is 19.3 Å². The number of ether oxygens (including phenoxy) is 1. The molecule has 4 unspecified atom stereocenters. The minimum absolute atomic E-state index is 0.0189. The Morgan fingerprint density at radius 1 is 1.30 bits per heavy atom. The first-order valence-electron chi connectivity index (χ1n) is 8.06. The maximum atomic E-state index is 12.4. The summed E-state index contributed by atoms with van der Waals surface area (Å²) in [5, 5.41) is 13.0. The third-order valence-corrected chi connectivity index (χ3v) is 6.00. The second-order valence-corrected chi connectivity index (χ2v) is 7.00. The number of rotatable bonds is 1. The summed E-state index contributed by atoms with van der Waals surface area (Å²) in [6.45, 7) is 2.11. The highest BCUT2D eigenvalue weighted by atomic mass is 16.5. The number of nitrogens with zero attached hydrogens (tertiary/aromatic N) is 1. The molecule has 0 aromatic heterocycles. The smallest absolute Gasteiger partial charge is 0.317 e.